The lowest BCUT2D eigenvalue weighted by molar-refractivity contribution is -0.127. The van der Waals surface area contributed by atoms with Gasteiger partial charge in [0.15, 0.2) is 0 Å². The van der Waals surface area contributed by atoms with E-state index < -0.39 is 11.3 Å². The molecule has 1 unspecified atom stereocenters. The van der Waals surface area contributed by atoms with Crippen LogP contribution in [0.2, 0.25) is 0 Å². The summed E-state index contributed by atoms with van der Waals surface area (Å²) >= 11 is 0. The van der Waals surface area contributed by atoms with Gasteiger partial charge in [0.25, 0.3) is 0 Å². The van der Waals surface area contributed by atoms with Crippen LogP contribution in [0.25, 0.3) is 0 Å². The van der Waals surface area contributed by atoms with Gasteiger partial charge in [0, 0.05) is 5.92 Å². The average molecular weight is 202 g/mol. The Bertz CT molecular complexity index is 415. The minimum Gasteiger partial charge on any atom is -0.303 e. The highest BCUT2D eigenvalue weighted by Gasteiger charge is 2.46. The Kier molecular flexibility index (Phi) is 2.23. The van der Waals surface area contributed by atoms with E-state index in [9.17, 15) is 14.4 Å². The first-order valence-corrected chi connectivity index (χ1v) is 4.75. The van der Waals surface area contributed by atoms with Crippen molar-refractivity contribution < 1.29 is 14.4 Å². The van der Waals surface area contributed by atoms with Crippen molar-refractivity contribution in [2.24, 2.45) is 5.92 Å². The van der Waals surface area contributed by atoms with Crippen LogP contribution >= 0.6 is 0 Å². The molecule has 0 saturated heterocycles. The van der Waals surface area contributed by atoms with Crippen LogP contribution in [0.5, 0.6) is 0 Å². The Labute approximate surface area is 87.1 Å². The van der Waals surface area contributed by atoms with Crippen LogP contribution in [-0.2, 0) is 26.2 Å². The van der Waals surface area contributed by atoms with Gasteiger partial charge in [0.2, 0.25) is 0 Å². The molecule has 1 aliphatic carbocycles. The molecule has 76 valence electrons. The summed E-state index contributed by atoms with van der Waals surface area (Å²) in [6.45, 7) is 0. The zero-order valence-corrected chi connectivity index (χ0v) is 8.05. The van der Waals surface area contributed by atoms with Crippen LogP contribution in [0.3, 0.4) is 0 Å². The standard InChI is InChI=1S/C12H10O3/c13-6-10-5-9-3-1-2-4-11(9)12(10,7-14)8-15/h1-4,6-8,10H,5H2. The third kappa shape index (κ3) is 1.16. The van der Waals surface area contributed by atoms with E-state index in [1.54, 1.807) is 12.1 Å². The summed E-state index contributed by atoms with van der Waals surface area (Å²) in [6, 6.07) is 7.20. The first kappa shape index (κ1) is 9.77. The molecule has 1 aromatic carbocycles. The lowest BCUT2D eigenvalue weighted by atomic mass is 9.78. The summed E-state index contributed by atoms with van der Waals surface area (Å²) in [7, 11) is 0. The molecule has 15 heavy (non-hydrogen) atoms. The molecule has 0 bridgehead atoms. The summed E-state index contributed by atoms with van der Waals surface area (Å²) in [6.07, 6.45) is 2.34. The van der Waals surface area contributed by atoms with Gasteiger partial charge in [-0.2, -0.15) is 0 Å². The molecular weight excluding hydrogens is 192 g/mol. The number of hydrogen-bond acceptors (Lipinski definition) is 3. The maximum Gasteiger partial charge on any atom is 0.138 e. The zero-order chi connectivity index (χ0) is 10.9. The van der Waals surface area contributed by atoms with Crippen molar-refractivity contribution in [1.29, 1.82) is 0 Å². The number of benzene rings is 1. The molecule has 0 heterocycles. The third-order valence-corrected chi connectivity index (χ3v) is 3.09. The third-order valence-electron chi connectivity index (χ3n) is 3.09. The fourth-order valence-corrected chi connectivity index (χ4v) is 2.22. The molecule has 1 atom stereocenters. The smallest absolute Gasteiger partial charge is 0.138 e. The van der Waals surface area contributed by atoms with Crippen LogP contribution in [0.15, 0.2) is 24.3 Å². The molecule has 1 aromatic rings. The summed E-state index contributed by atoms with van der Waals surface area (Å²) in [5.74, 6) is -0.551. The quantitative estimate of drug-likeness (QED) is 0.535. The maximum atomic E-state index is 11.1. The second-order valence-electron chi connectivity index (χ2n) is 3.77. The van der Waals surface area contributed by atoms with Gasteiger partial charge in [-0.3, -0.25) is 0 Å². The molecular formula is C12H10O3. The van der Waals surface area contributed by atoms with Crippen molar-refractivity contribution in [2.75, 3.05) is 0 Å². The van der Waals surface area contributed by atoms with Gasteiger partial charge in [-0.15, -0.1) is 0 Å². The molecule has 0 radical (unpaired) electrons. The highest BCUT2D eigenvalue weighted by molar-refractivity contribution is 5.97. The molecule has 0 fully saturated rings. The SMILES string of the molecule is O=CC1Cc2ccccc2C1(C=O)C=O. The number of fused-ring (bicyclic) bond motifs is 1. The Morgan fingerprint density at radius 1 is 1.13 bits per heavy atom. The highest BCUT2D eigenvalue weighted by atomic mass is 16.1. The van der Waals surface area contributed by atoms with Crippen LogP contribution < -0.4 is 0 Å². The van der Waals surface area contributed by atoms with E-state index in [0.29, 0.717) is 30.8 Å². The van der Waals surface area contributed by atoms with E-state index in [0.717, 1.165) is 5.56 Å². The fourth-order valence-electron chi connectivity index (χ4n) is 2.22. The van der Waals surface area contributed by atoms with Gasteiger partial charge in [0.1, 0.15) is 24.3 Å². The van der Waals surface area contributed by atoms with Crippen molar-refractivity contribution >= 4 is 18.9 Å². The molecule has 0 N–H and O–H groups in total. The normalized spacial score (nSPS) is 21.7. The molecule has 1 aliphatic rings. The number of aldehydes is 3. The average Bonchev–Trinajstić information content (AvgIpc) is 2.63. The van der Waals surface area contributed by atoms with Gasteiger partial charge in [-0.25, -0.2) is 0 Å². The second-order valence-corrected chi connectivity index (χ2v) is 3.77. The summed E-state index contributed by atoms with van der Waals surface area (Å²) in [4.78, 5) is 33.1. The predicted molar refractivity (Wildman–Crippen MR) is 53.5 cm³/mol. The number of hydrogen-bond donors (Lipinski definition) is 0. The molecule has 0 saturated carbocycles. The molecule has 3 nitrogen and oxygen atoms in total. The minimum atomic E-state index is -1.25. The van der Waals surface area contributed by atoms with Crippen molar-refractivity contribution in [3.63, 3.8) is 0 Å². The molecule has 3 heteroatoms. The monoisotopic (exact) mass is 202 g/mol. The summed E-state index contributed by atoms with van der Waals surface area (Å²) in [5.41, 5.74) is 0.333. The molecule has 0 spiro atoms. The highest BCUT2D eigenvalue weighted by Crippen LogP contribution is 2.39. The van der Waals surface area contributed by atoms with E-state index in [4.69, 9.17) is 0 Å². The lowest BCUT2D eigenvalue weighted by Gasteiger charge is -2.20. The molecule has 0 aromatic heterocycles. The minimum absolute atomic E-state index is 0.469. The molecule has 2 rings (SSSR count). The van der Waals surface area contributed by atoms with Crippen LogP contribution in [0, 0.1) is 5.92 Å². The van der Waals surface area contributed by atoms with Crippen LogP contribution in [-0.4, -0.2) is 18.9 Å². The van der Waals surface area contributed by atoms with E-state index >= 15 is 0 Å². The molecule has 0 amide bonds. The summed E-state index contributed by atoms with van der Waals surface area (Å²) < 4.78 is 0. The number of carbonyl (C=O) groups is 3. The van der Waals surface area contributed by atoms with Gasteiger partial charge in [0.05, 0.1) is 0 Å². The van der Waals surface area contributed by atoms with Gasteiger partial charge < -0.3 is 14.4 Å². The topological polar surface area (TPSA) is 51.2 Å². The Morgan fingerprint density at radius 2 is 1.80 bits per heavy atom. The van der Waals surface area contributed by atoms with E-state index in [1.807, 2.05) is 12.1 Å². The number of rotatable bonds is 3. The van der Waals surface area contributed by atoms with Crippen LogP contribution in [0.4, 0.5) is 0 Å². The predicted octanol–water partition coefficient (Wildman–Crippen LogP) is 0.693. The second kappa shape index (κ2) is 3.42. The Balaban J connectivity index is 2.64. The van der Waals surface area contributed by atoms with E-state index in [-0.39, 0.29) is 0 Å². The fraction of sp³-hybridized carbons (Fsp3) is 0.250. The largest absolute Gasteiger partial charge is 0.303 e. The van der Waals surface area contributed by atoms with Gasteiger partial charge >= 0.3 is 0 Å². The lowest BCUT2D eigenvalue weighted by Crippen LogP contribution is -2.36. The zero-order valence-electron chi connectivity index (χ0n) is 8.05. The Morgan fingerprint density at radius 3 is 2.40 bits per heavy atom. The van der Waals surface area contributed by atoms with Gasteiger partial charge in [-0.05, 0) is 17.5 Å². The van der Waals surface area contributed by atoms with E-state index in [1.165, 1.54) is 0 Å². The van der Waals surface area contributed by atoms with Gasteiger partial charge in [-0.1, -0.05) is 24.3 Å². The van der Waals surface area contributed by atoms with Crippen molar-refractivity contribution in [3.05, 3.63) is 35.4 Å². The first-order chi connectivity index (χ1) is 7.28. The van der Waals surface area contributed by atoms with Crippen molar-refractivity contribution in [3.8, 4) is 0 Å². The Hall–Kier alpha value is -1.77. The van der Waals surface area contributed by atoms with E-state index in [2.05, 4.69) is 0 Å². The first-order valence-electron chi connectivity index (χ1n) is 4.75. The molecule has 0 aliphatic heterocycles. The van der Waals surface area contributed by atoms with Crippen molar-refractivity contribution in [2.45, 2.75) is 11.8 Å². The summed E-state index contributed by atoms with van der Waals surface area (Å²) in [5, 5.41) is 0. The van der Waals surface area contributed by atoms with Crippen LogP contribution in [0.1, 0.15) is 11.1 Å². The number of carbonyl (C=O) groups excluding carboxylic acids is 3. The maximum absolute atomic E-state index is 11.1. The van der Waals surface area contributed by atoms with Crippen molar-refractivity contribution in [1.82, 2.24) is 0 Å².